The van der Waals surface area contributed by atoms with Crippen LogP contribution in [0.5, 0.6) is 5.75 Å². The molecule has 0 atom stereocenters. The van der Waals surface area contributed by atoms with Crippen molar-refractivity contribution in [3.05, 3.63) is 54.3 Å². The smallest absolute Gasteiger partial charge is 0.243 e. The highest BCUT2D eigenvalue weighted by Gasteiger charge is 2.06. The lowest BCUT2D eigenvalue weighted by atomic mass is 10.1. The predicted molar refractivity (Wildman–Crippen MR) is 94.9 cm³/mol. The third-order valence-corrected chi connectivity index (χ3v) is 3.40. The van der Waals surface area contributed by atoms with E-state index in [9.17, 15) is 9.18 Å². The highest BCUT2D eigenvalue weighted by molar-refractivity contribution is 5.93. The molecule has 0 saturated carbocycles. The van der Waals surface area contributed by atoms with Gasteiger partial charge in [-0.25, -0.2) is 4.39 Å². The first kappa shape index (κ1) is 17.8. The number of para-hydroxylation sites is 1. The number of amides is 1. The van der Waals surface area contributed by atoms with Gasteiger partial charge in [0.05, 0.1) is 18.8 Å². The van der Waals surface area contributed by atoms with Crippen molar-refractivity contribution in [2.75, 3.05) is 23.8 Å². The van der Waals surface area contributed by atoms with Gasteiger partial charge in [0.1, 0.15) is 11.6 Å². The first-order chi connectivity index (χ1) is 11.5. The monoisotopic (exact) mass is 330 g/mol. The van der Waals surface area contributed by atoms with Gasteiger partial charge in [-0.2, -0.15) is 0 Å². The number of halogens is 1. The van der Waals surface area contributed by atoms with Crippen LogP contribution in [0.15, 0.2) is 48.5 Å². The van der Waals surface area contributed by atoms with Crippen LogP contribution in [0.1, 0.15) is 20.3 Å². The molecule has 0 spiro atoms. The minimum Gasteiger partial charge on any atom is -0.494 e. The van der Waals surface area contributed by atoms with E-state index in [2.05, 4.69) is 24.5 Å². The second-order valence-corrected chi connectivity index (χ2v) is 5.94. The van der Waals surface area contributed by atoms with E-state index in [4.69, 9.17) is 4.74 Å². The van der Waals surface area contributed by atoms with Crippen LogP contribution in [0.25, 0.3) is 0 Å². The fraction of sp³-hybridized carbons (Fsp3) is 0.316. The molecular weight excluding hydrogens is 307 g/mol. The number of hydrogen-bond donors (Lipinski definition) is 2. The lowest BCUT2D eigenvalue weighted by Crippen LogP contribution is -2.22. The van der Waals surface area contributed by atoms with Crippen LogP contribution < -0.4 is 15.4 Å². The number of ether oxygens (including phenoxy) is 1. The molecule has 0 saturated heterocycles. The number of hydrogen-bond acceptors (Lipinski definition) is 3. The summed E-state index contributed by atoms with van der Waals surface area (Å²) in [5.74, 6) is 0.584. The Hall–Kier alpha value is -2.56. The normalized spacial score (nSPS) is 10.5. The van der Waals surface area contributed by atoms with Gasteiger partial charge in [0, 0.05) is 11.8 Å². The van der Waals surface area contributed by atoms with Gasteiger partial charge in [-0.1, -0.05) is 32.0 Å². The summed E-state index contributed by atoms with van der Waals surface area (Å²) >= 11 is 0. The summed E-state index contributed by atoms with van der Waals surface area (Å²) in [5.41, 5.74) is 0.954. The van der Waals surface area contributed by atoms with Gasteiger partial charge in [0.25, 0.3) is 0 Å². The summed E-state index contributed by atoms with van der Waals surface area (Å²) in [7, 11) is 0. The zero-order valence-electron chi connectivity index (χ0n) is 14.0. The van der Waals surface area contributed by atoms with Gasteiger partial charge < -0.3 is 15.4 Å². The molecule has 0 aliphatic rings. The van der Waals surface area contributed by atoms with E-state index in [1.807, 2.05) is 24.3 Å². The summed E-state index contributed by atoms with van der Waals surface area (Å²) in [6.07, 6.45) is 0.989. The maximum absolute atomic E-state index is 13.5. The first-order valence-electron chi connectivity index (χ1n) is 8.05. The fourth-order valence-electron chi connectivity index (χ4n) is 2.05. The van der Waals surface area contributed by atoms with Crippen molar-refractivity contribution in [1.82, 2.24) is 0 Å². The Morgan fingerprint density at radius 1 is 1.17 bits per heavy atom. The molecule has 4 nitrogen and oxygen atoms in total. The lowest BCUT2D eigenvalue weighted by Gasteiger charge is -2.11. The largest absolute Gasteiger partial charge is 0.494 e. The molecule has 0 radical (unpaired) electrons. The molecule has 5 heteroatoms. The van der Waals surface area contributed by atoms with E-state index in [1.165, 1.54) is 12.1 Å². The Morgan fingerprint density at radius 3 is 2.71 bits per heavy atom. The number of rotatable bonds is 8. The minimum atomic E-state index is -0.452. The van der Waals surface area contributed by atoms with E-state index in [-0.39, 0.29) is 18.1 Å². The molecule has 0 aliphatic carbocycles. The molecule has 1 amide bonds. The molecule has 0 heterocycles. The van der Waals surface area contributed by atoms with Crippen LogP contribution in [0.2, 0.25) is 0 Å². The van der Waals surface area contributed by atoms with Gasteiger partial charge in [-0.15, -0.1) is 0 Å². The molecular formula is C19H23FN2O2. The van der Waals surface area contributed by atoms with E-state index < -0.39 is 5.82 Å². The lowest BCUT2D eigenvalue weighted by molar-refractivity contribution is -0.114. The van der Waals surface area contributed by atoms with Crippen LogP contribution in [0, 0.1) is 11.7 Å². The molecule has 2 aromatic carbocycles. The average molecular weight is 330 g/mol. The number of benzene rings is 2. The molecule has 2 N–H and O–H groups in total. The molecule has 0 unspecified atom stereocenters. The Morgan fingerprint density at radius 2 is 1.96 bits per heavy atom. The second-order valence-electron chi connectivity index (χ2n) is 5.94. The highest BCUT2D eigenvalue weighted by atomic mass is 19.1. The average Bonchev–Trinajstić information content (AvgIpc) is 2.55. The maximum Gasteiger partial charge on any atom is 0.243 e. The first-order valence-corrected chi connectivity index (χ1v) is 8.05. The van der Waals surface area contributed by atoms with Crippen LogP contribution in [0.4, 0.5) is 15.8 Å². The Labute approximate surface area is 142 Å². The second kappa shape index (κ2) is 8.91. The molecule has 128 valence electrons. The Bertz CT molecular complexity index is 674. The number of carbonyl (C=O) groups is 1. The van der Waals surface area contributed by atoms with Crippen molar-refractivity contribution >= 4 is 17.3 Å². The van der Waals surface area contributed by atoms with Crippen molar-refractivity contribution in [2.24, 2.45) is 5.92 Å². The van der Waals surface area contributed by atoms with Crippen LogP contribution in [-0.4, -0.2) is 19.1 Å². The summed E-state index contributed by atoms with van der Waals surface area (Å²) in [5, 5.41) is 5.54. The molecule has 2 aromatic rings. The zero-order valence-corrected chi connectivity index (χ0v) is 14.0. The summed E-state index contributed by atoms with van der Waals surface area (Å²) < 4.78 is 19.2. The van der Waals surface area contributed by atoms with Crippen molar-refractivity contribution < 1.29 is 13.9 Å². The van der Waals surface area contributed by atoms with E-state index in [1.54, 1.807) is 12.1 Å². The summed E-state index contributed by atoms with van der Waals surface area (Å²) in [6, 6.07) is 13.5. The van der Waals surface area contributed by atoms with Crippen LogP contribution >= 0.6 is 0 Å². The standard InChI is InChI=1S/C19H23FN2O2/c1-14(2)10-11-24-16-7-5-6-15(12-16)21-13-19(23)22-18-9-4-3-8-17(18)20/h3-9,12,14,21H,10-11,13H2,1-2H3,(H,22,23). The summed E-state index contributed by atoms with van der Waals surface area (Å²) in [6.45, 7) is 5.00. The third-order valence-electron chi connectivity index (χ3n) is 3.40. The molecule has 0 aliphatic heterocycles. The molecule has 0 fully saturated rings. The van der Waals surface area contributed by atoms with Crippen LogP contribution in [-0.2, 0) is 4.79 Å². The summed E-state index contributed by atoms with van der Waals surface area (Å²) in [4.78, 5) is 11.9. The van der Waals surface area contributed by atoms with Gasteiger partial charge in [-0.3, -0.25) is 4.79 Å². The minimum absolute atomic E-state index is 0.0454. The van der Waals surface area contributed by atoms with Crippen LogP contribution in [0.3, 0.4) is 0 Å². The van der Waals surface area contributed by atoms with Gasteiger partial charge in [0.15, 0.2) is 0 Å². The van der Waals surface area contributed by atoms with Crippen molar-refractivity contribution in [2.45, 2.75) is 20.3 Å². The molecule has 2 rings (SSSR count). The fourth-order valence-corrected chi connectivity index (χ4v) is 2.05. The Balaban J connectivity index is 1.83. The predicted octanol–water partition coefficient (Wildman–Crippen LogP) is 4.30. The SMILES string of the molecule is CC(C)CCOc1cccc(NCC(=O)Nc2ccccc2F)c1. The molecule has 0 aromatic heterocycles. The van der Waals surface area contributed by atoms with E-state index >= 15 is 0 Å². The van der Waals surface area contributed by atoms with Gasteiger partial charge in [0.2, 0.25) is 5.91 Å². The number of carbonyl (C=O) groups excluding carboxylic acids is 1. The van der Waals surface area contributed by atoms with E-state index in [0.29, 0.717) is 12.5 Å². The molecule has 24 heavy (non-hydrogen) atoms. The van der Waals surface area contributed by atoms with E-state index in [0.717, 1.165) is 17.9 Å². The zero-order chi connectivity index (χ0) is 17.4. The third kappa shape index (κ3) is 5.91. The highest BCUT2D eigenvalue weighted by Crippen LogP contribution is 2.18. The number of anilines is 2. The number of nitrogens with one attached hydrogen (secondary N) is 2. The quantitative estimate of drug-likeness (QED) is 0.758. The topological polar surface area (TPSA) is 50.4 Å². The van der Waals surface area contributed by atoms with Crippen molar-refractivity contribution in [3.8, 4) is 5.75 Å². The van der Waals surface area contributed by atoms with Gasteiger partial charge >= 0.3 is 0 Å². The van der Waals surface area contributed by atoms with Crippen molar-refractivity contribution in [1.29, 1.82) is 0 Å². The maximum atomic E-state index is 13.5. The Kier molecular flexibility index (Phi) is 6.61. The van der Waals surface area contributed by atoms with Gasteiger partial charge in [-0.05, 0) is 36.6 Å². The molecule has 0 bridgehead atoms. The van der Waals surface area contributed by atoms with Crippen molar-refractivity contribution in [3.63, 3.8) is 0 Å².